The first-order valence-electron chi connectivity index (χ1n) is 9.87. The molecule has 1 aliphatic heterocycles. The molecule has 7 heteroatoms. The normalized spacial score (nSPS) is 15.3. The van der Waals surface area contributed by atoms with Gasteiger partial charge in [0.1, 0.15) is 5.82 Å². The number of nitrogens with one attached hydrogen (secondary N) is 1. The molecule has 0 bridgehead atoms. The highest BCUT2D eigenvalue weighted by Crippen LogP contribution is 2.22. The molecule has 0 saturated carbocycles. The van der Waals surface area contributed by atoms with E-state index in [-0.39, 0.29) is 18.1 Å². The number of esters is 1. The molecule has 1 fully saturated rings. The molecule has 0 aliphatic carbocycles. The van der Waals surface area contributed by atoms with Crippen LogP contribution in [0.1, 0.15) is 31.9 Å². The van der Waals surface area contributed by atoms with Crippen LogP contribution in [0.4, 0.5) is 4.39 Å². The molecule has 0 atom stereocenters. The number of rotatable bonds is 5. The van der Waals surface area contributed by atoms with Crippen molar-refractivity contribution in [2.45, 2.75) is 33.9 Å². The van der Waals surface area contributed by atoms with Crippen molar-refractivity contribution in [1.29, 1.82) is 0 Å². The van der Waals surface area contributed by atoms with Crippen LogP contribution in [-0.4, -0.2) is 41.6 Å². The molecule has 0 unspecified atom stereocenters. The summed E-state index contributed by atoms with van der Waals surface area (Å²) in [4.78, 5) is 27.9. The summed E-state index contributed by atoms with van der Waals surface area (Å²) in [6.45, 7) is 9.27. The number of ether oxygens (including phenoxy) is 1. The van der Waals surface area contributed by atoms with Crippen molar-refractivity contribution in [3.63, 3.8) is 0 Å². The highest BCUT2D eigenvalue weighted by Gasteiger charge is 2.27. The largest absolute Gasteiger partial charge is 0.420 e. The average molecular weight is 401 g/mol. The van der Waals surface area contributed by atoms with E-state index in [1.807, 2.05) is 0 Å². The van der Waals surface area contributed by atoms with Crippen LogP contribution in [0.3, 0.4) is 0 Å². The molecular formula is C22H28FN3O3. The SMILES string of the molecule is CC(C)(C)C(=O)Oc1c(CN2CCNCC2)ccn(Cc2ccccc2F)c1=O. The molecule has 6 nitrogen and oxygen atoms in total. The van der Waals surface area contributed by atoms with Gasteiger partial charge in [-0.15, -0.1) is 0 Å². The van der Waals surface area contributed by atoms with Crippen LogP contribution in [-0.2, 0) is 17.9 Å². The Kier molecular flexibility index (Phi) is 6.49. The van der Waals surface area contributed by atoms with Crippen molar-refractivity contribution in [2.24, 2.45) is 5.41 Å². The maximum atomic E-state index is 14.0. The van der Waals surface area contributed by atoms with Gasteiger partial charge in [0.15, 0.2) is 0 Å². The van der Waals surface area contributed by atoms with Crippen LogP contribution in [0.15, 0.2) is 41.3 Å². The second-order valence-electron chi connectivity index (χ2n) is 8.36. The molecule has 2 aromatic rings. The lowest BCUT2D eigenvalue weighted by molar-refractivity contribution is -0.143. The number of halogens is 1. The highest BCUT2D eigenvalue weighted by atomic mass is 19.1. The third-order valence-electron chi connectivity index (χ3n) is 4.91. The van der Waals surface area contributed by atoms with Gasteiger partial charge in [-0.2, -0.15) is 0 Å². The smallest absolute Gasteiger partial charge is 0.316 e. The van der Waals surface area contributed by atoms with Crippen LogP contribution >= 0.6 is 0 Å². The summed E-state index contributed by atoms with van der Waals surface area (Å²) in [6.07, 6.45) is 1.64. The molecule has 1 N–H and O–H groups in total. The first-order valence-corrected chi connectivity index (χ1v) is 9.87. The van der Waals surface area contributed by atoms with E-state index >= 15 is 0 Å². The topological polar surface area (TPSA) is 63.6 Å². The molecule has 1 aliphatic rings. The number of piperazine rings is 1. The summed E-state index contributed by atoms with van der Waals surface area (Å²) in [7, 11) is 0. The minimum absolute atomic E-state index is 0.0299. The lowest BCUT2D eigenvalue weighted by atomic mass is 9.97. The molecule has 3 rings (SSSR count). The van der Waals surface area contributed by atoms with Crippen LogP contribution in [0, 0.1) is 11.2 Å². The second kappa shape index (κ2) is 8.88. The minimum Gasteiger partial charge on any atom is -0.420 e. The zero-order valence-corrected chi connectivity index (χ0v) is 17.2. The zero-order chi connectivity index (χ0) is 21.0. The predicted molar refractivity (Wildman–Crippen MR) is 109 cm³/mol. The van der Waals surface area contributed by atoms with Crippen LogP contribution in [0.5, 0.6) is 5.75 Å². The first kappa shape index (κ1) is 21.2. The molecule has 1 saturated heterocycles. The van der Waals surface area contributed by atoms with E-state index in [2.05, 4.69) is 10.2 Å². The van der Waals surface area contributed by atoms with Crippen LogP contribution in [0.2, 0.25) is 0 Å². The predicted octanol–water partition coefficient (Wildman–Crippen LogP) is 2.39. The molecule has 1 aromatic carbocycles. The molecular weight excluding hydrogens is 373 g/mol. The van der Waals surface area contributed by atoms with Crippen molar-refractivity contribution < 1.29 is 13.9 Å². The number of pyridine rings is 1. The summed E-state index contributed by atoms with van der Waals surface area (Å²) in [5.74, 6) is -0.820. The number of carbonyl (C=O) groups is 1. The number of carbonyl (C=O) groups excluding carboxylic acids is 1. The maximum absolute atomic E-state index is 14.0. The standard InChI is InChI=1S/C22H28FN3O3/c1-22(2,3)21(28)29-19-17(14-25-12-9-24-10-13-25)8-11-26(20(19)27)15-16-6-4-5-7-18(16)23/h4-8,11,24H,9-10,12-15H2,1-3H3. The van der Waals surface area contributed by atoms with Gasteiger partial charge in [-0.25, -0.2) is 4.39 Å². The summed E-state index contributed by atoms with van der Waals surface area (Å²) in [5.41, 5.74) is -0.111. The Balaban J connectivity index is 1.95. The fraction of sp³-hybridized carbons (Fsp3) is 0.455. The fourth-order valence-corrected chi connectivity index (χ4v) is 3.12. The Morgan fingerprint density at radius 2 is 1.79 bits per heavy atom. The Hall–Kier alpha value is -2.51. The fourth-order valence-electron chi connectivity index (χ4n) is 3.12. The molecule has 156 valence electrons. The number of hydrogen-bond donors (Lipinski definition) is 1. The molecule has 2 heterocycles. The summed E-state index contributed by atoms with van der Waals surface area (Å²) >= 11 is 0. The van der Waals surface area contributed by atoms with Crippen LogP contribution in [0.25, 0.3) is 0 Å². The van der Waals surface area contributed by atoms with E-state index in [4.69, 9.17) is 4.74 Å². The highest BCUT2D eigenvalue weighted by molar-refractivity contribution is 5.78. The quantitative estimate of drug-likeness (QED) is 0.780. The van der Waals surface area contributed by atoms with Crippen molar-refractivity contribution in [2.75, 3.05) is 26.2 Å². The van der Waals surface area contributed by atoms with Gasteiger partial charge in [0.05, 0.1) is 12.0 Å². The lowest BCUT2D eigenvalue weighted by Crippen LogP contribution is -2.43. The van der Waals surface area contributed by atoms with E-state index in [9.17, 15) is 14.0 Å². The summed E-state index contributed by atoms with van der Waals surface area (Å²) in [6, 6.07) is 8.12. The second-order valence-corrected chi connectivity index (χ2v) is 8.36. The summed E-state index contributed by atoms with van der Waals surface area (Å²) < 4.78 is 21.0. The molecule has 0 radical (unpaired) electrons. The van der Waals surface area contributed by atoms with Gasteiger partial charge in [-0.3, -0.25) is 14.5 Å². The number of hydrogen-bond acceptors (Lipinski definition) is 5. The van der Waals surface area contributed by atoms with Crippen molar-refractivity contribution in [1.82, 2.24) is 14.8 Å². The van der Waals surface area contributed by atoms with E-state index < -0.39 is 16.9 Å². The Labute approximate surface area is 170 Å². The van der Waals surface area contributed by atoms with Gasteiger partial charge in [-0.1, -0.05) is 18.2 Å². The maximum Gasteiger partial charge on any atom is 0.316 e. The zero-order valence-electron chi connectivity index (χ0n) is 17.2. The van der Waals surface area contributed by atoms with Crippen LogP contribution < -0.4 is 15.6 Å². The third-order valence-corrected chi connectivity index (χ3v) is 4.91. The molecule has 0 amide bonds. The number of benzene rings is 1. The van der Waals surface area contributed by atoms with E-state index in [0.29, 0.717) is 17.7 Å². The molecule has 1 aromatic heterocycles. The van der Waals surface area contributed by atoms with Gasteiger partial charge in [-0.05, 0) is 32.9 Å². The van der Waals surface area contributed by atoms with Gasteiger partial charge in [0.2, 0.25) is 5.75 Å². The van der Waals surface area contributed by atoms with Gasteiger partial charge >= 0.3 is 5.97 Å². The first-order chi connectivity index (χ1) is 13.8. The molecule has 29 heavy (non-hydrogen) atoms. The Morgan fingerprint density at radius 3 is 2.45 bits per heavy atom. The van der Waals surface area contributed by atoms with Crippen molar-refractivity contribution in [3.8, 4) is 5.75 Å². The number of aromatic nitrogens is 1. The third kappa shape index (κ3) is 5.31. The minimum atomic E-state index is -0.745. The lowest BCUT2D eigenvalue weighted by Gasteiger charge is -2.28. The van der Waals surface area contributed by atoms with Gasteiger partial charge in [0.25, 0.3) is 5.56 Å². The molecule has 0 spiro atoms. The van der Waals surface area contributed by atoms with E-state index in [1.54, 1.807) is 51.2 Å². The number of nitrogens with zero attached hydrogens (tertiary/aromatic N) is 2. The summed E-state index contributed by atoms with van der Waals surface area (Å²) in [5, 5.41) is 3.29. The van der Waals surface area contributed by atoms with E-state index in [1.165, 1.54) is 10.6 Å². The Morgan fingerprint density at radius 1 is 1.10 bits per heavy atom. The van der Waals surface area contributed by atoms with E-state index in [0.717, 1.165) is 26.2 Å². The monoisotopic (exact) mass is 401 g/mol. The van der Waals surface area contributed by atoms with Gasteiger partial charge in [0, 0.05) is 50.0 Å². The van der Waals surface area contributed by atoms with Crippen molar-refractivity contribution >= 4 is 5.97 Å². The Bertz CT molecular complexity index is 928. The van der Waals surface area contributed by atoms with Gasteiger partial charge < -0.3 is 14.6 Å². The average Bonchev–Trinajstić information content (AvgIpc) is 2.68. The van der Waals surface area contributed by atoms with Crippen molar-refractivity contribution in [3.05, 3.63) is 63.8 Å².